The van der Waals surface area contributed by atoms with Crippen molar-refractivity contribution >= 4 is 34.6 Å². The molecule has 1 aromatic carbocycles. The van der Waals surface area contributed by atoms with Crippen LogP contribution < -0.4 is 4.80 Å². The Morgan fingerprint density at radius 3 is 2.60 bits per heavy atom. The zero-order valence-corrected chi connectivity index (χ0v) is 15.4. The van der Waals surface area contributed by atoms with Crippen molar-refractivity contribution in [1.82, 2.24) is 4.68 Å². The fourth-order valence-electron chi connectivity index (χ4n) is 2.23. The average Bonchev–Trinajstić information content (AvgIpc) is 3.19. The van der Waals surface area contributed by atoms with Crippen LogP contribution in [0.1, 0.15) is 17.4 Å². The maximum Gasteiger partial charge on any atom is 0.269 e. The van der Waals surface area contributed by atoms with Crippen molar-refractivity contribution in [2.45, 2.75) is 13.8 Å². The quantitative estimate of drug-likeness (QED) is 0.380. The van der Waals surface area contributed by atoms with E-state index in [1.807, 2.05) is 30.8 Å². The van der Waals surface area contributed by atoms with E-state index in [9.17, 15) is 10.1 Å². The fourth-order valence-corrected chi connectivity index (χ4v) is 3.92. The third-order valence-electron chi connectivity index (χ3n) is 3.54. The highest BCUT2D eigenvalue weighted by Crippen LogP contribution is 2.23. The number of aromatic nitrogens is 1. The number of nitro groups is 1. The molecule has 0 unspecified atom stereocenters. The molecule has 0 saturated heterocycles. The molecule has 0 aliphatic carbocycles. The number of hydrogen-bond acceptors (Lipinski definition) is 6. The molecule has 8 heteroatoms. The van der Waals surface area contributed by atoms with E-state index in [0.29, 0.717) is 6.54 Å². The number of nitrogens with zero attached hydrogens (tertiary/aromatic N) is 4. The molecule has 0 amide bonds. The van der Waals surface area contributed by atoms with Crippen molar-refractivity contribution in [3.63, 3.8) is 0 Å². The minimum absolute atomic E-state index is 0.0710. The van der Waals surface area contributed by atoms with Crippen LogP contribution in [0.15, 0.2) is 51.2 Å². The number of hydrogen-bond donors (Lipinski definition) is 0. The number of nitro benzene ring substituents is 1. The fraction of sp³-hybridized carbons (Fsp3) is 0.176. The summed E-state index contributed by atoms with van der Waals surface area (Å²) in [4.78, 5) is 16.8. The van der Waals surface area contributed by atoms with Crippen LogP contribution in [0.25, 0.3) is 11.3 Å². The van der Waals surface area contributed by atoms with Gasteiger partial charge in [0.05, 0.1) is 21.7 Å². The van der Waals surface area contributed by atoms with E-state index in [4.69, 9.17) is 0 Å². The van der Waals surface area contributed by atoms with Crippen LogP contribution in [-0.4, -0.2) is 22.4 Å². The van der Waals surface area contributed by atoms with E-state index in [-0.39, 0.29) is 5.69 Å². The lowest BCUT2D eigenvalue weighted by atomic mass is 10.1. The Bertz CT molecular complexity index is 981. The van der Waals surface area contributed by atoms with Gasteiger partial charge in [-0.1, -0.05) is 0 Å². The molecular formula is C17H16N4O2S2. The summed E-state index contributed by atoms with van der Waals surface area (Å²) in [5, 5.41) is 19.4. The second kappa shape index (κ2) is 7.54. The maximum atomic E-state index is 10.8. The van der Waals surface area contributed by atoms with Gasteiger partial charge in [0, 0.05) is 29.6 Å². The zero-order valence-electron chi connectivity index (χ0n) is 13.7. The van der Waals surface area contributed by atoms with Crippen molar-refractivity contribution in [3.8, 4) is 11.3 Å². The van der Waals surface area contributed by atoms with Crippen molar-refractivity contribution in [1.29, 1.82) is 0 Å². The monoisotopic (exact) mass is 372 g/mol. The van der Waals surface area contributed by atoms with Crippen molar-refractivity contribution in [2.24, 2.45) is 10.1 Å². The molecule has 128 valence electrons. The summed E-state index contributed by atoms with van der Waals surface area (Å²) >= 11 is 3.13. The summed E-state index contributed by atoms with van der Waals surface area (Å²) in [6.07, 6.45) is 1.83. The lowest BCUT2D eigenvalue weighted by Gasteiger charge is -2.03. The van der Waals surface area contributed by atoms with Crippen molar-refractivity contribution in [2.75, 3.05) is 6.54 Å². The highest BCUT2D eigenvalue weighted by atomic mass is 32.1. The first-order chi connectivity index (χ1) is 12.1. The first kappa shape index (κ1) is 17.2. The third kappa shape index (κ3) is 3.75. The minimum Gasteiger partial charge on any atom is -0.258 e. The molecule has 0 radical (unpaired) electrons. The lowest BCUT2D eigenvalue weighted by molar-refractivity contribution is -0.384. The average molecular weight is 372 g/mol. The molecule has 3 rings (SSSR count). The molecule has 0 saturated carbocycles. The van der Waals surface area contributed by atoms with Crippen molar-refractivity contribution in [3.05, 3.63) is 66.4 Å². The molecule has 6 nitrogen and oxygen atoms in total. The molecule has 0 aliphatic heterocycles. The molecule has 0 aliphatic rings. The highest BCUT2D eigenvalue weighted by molar-refractivity contribution is 7.11. The first-order valence-electron chi connectivity index (χ1n) is 7.64. The van der Waals surface area contributed by atoms with E-state index in [1.165, 1.54) is 29.0 Å². The van der Waals surface area contributed by atoms with Crippen LogP contribution in [0.2, 0.25) is 0 Å². The van der Waals surface area contributed by atoms with E-state index >= 15 is 0 Å². The number of non-ortho nitro benzene ring substituents is 1. The molecule has 0 N–H and O–H groups in total. The predicted octanol–water partition coefficient (Wildman–Crippen LogP) is 4.30. The van der Waals surface area contributed by atoms with Gasteiger partial charge in [0.2, 0.25) is 4.80 Å². The molecule has 0 bridgehead atoms. The Labute approximate surface area is 152 Å². The van der Waals surface area contributed by atoms with Gasteiger partial charge < -0.3 is 0 Å². The lowest BCUT2D eigenvalue weighted by Crippen LogP contribution is -2.12. The molecule has 2 heterocycles. The van der Waals surface area contributed by atoms with Crippen LogP contribution in [0.5, 0.6) is 0 Å². The standard InChI is InChI=1S/C17H16N4O2S2/c1-3-18-17-20(19-10-16-12(2)8-9-24-16)15(11-25-17)13-4-6-14(7-5-13)21(22)23/h4-11H,3H2,1-2H3. The van der Waals surface area contributed by atoms with Crippen LogP contribution in [0, 0.1) is 17.0 Å². The van der Waals surface area contributed by atoms with Crippen LogP contribution in [-0.2, 0) is 0 Å². The maximum absolute atomic E-state index is 10.8. The van der Waals surface area contributed by atoms with Gasteiger partial charge in [-0.2, -0.15) is 5.10 Å². The molecule has 0 spiro atoms. The van der Waals surface area contributed by atoms with Crippen LogP contribution in [0.3, 0.4) is 0 Å². The summed E-state index contributed by atoms with van der Waals surface area (Å²) in [6, 6.07) is 8.53. The number of thiophene rings is 1. The van der Waals surface area contributed by atoms with E-state index < -0.39 is 4.92 Å². The molecule has 25 heavy (non-hydrogen) atoms. The first-order valence-corrected chi connectivity index (χ1v) is 9.40. The normalized spacial score (nSPS) is 12.2. The summed E-state index contributed by atoms with van der Waals surface area (Å²) in [5.41, 5.74) is 2.97. The smallest absolute Gasteiger partial charge is 0.258 e. The van der Waals surface area contributed by atoms with Gasteiger partial charge >= 0.3 is 0 Å². The molecule has 0 atom stereocenters. The summed E-state index contributed by atoms with van der Waals surface area (Å²) in [6.45, 7) is 4.68. The van der Waals surface area contributed by atoms with Gasteiger partial charge in [0.15, 0.2) is 0 Å². The number of rotatable bonds is 5. The van der Waals surface area contributed by atoms with Gasteiger partial charge in [-0.3, -0.25) is 15.1 Å². The van der Waals surface area contributed by atoms with Crippen molar-refractivity contribution < 1.29 is 4.92 Å². The minimum atomic E-state index is -0.402. The number of aryl methyl sites for hydroxylation is 1. The molecule has 2 aromatic heterocycles. The van der Waals surface area contributed by atoms with Crippen LogP contribution >= 0.6 is 22.7 Å². The van der Waals surface area contributed by atoms with Gasteiger partial charge in [-0.25, -0.2) is 4.68 Å². The summed E-state index contributed by atoms with van der Waals surface area (Å²) in [7, 11) is 0. The second-order valence-electron chi connectivity index (χ2n) is 5.21. The van der Waals surface area contributed by atoms with Gasteiger partial charge in [0.1, 0.15) is 0 Å². The summed E-state index contributed by atoms with van der Waals surface area (Å²) in [5.74, 6) is 0. The third-order valence-corrected chi connectivity index (χ3v) is 5.35. The number of thiazole rings is 1. The topological polar surface area (TPSA) is 72.8 Å². The van der Waals surface area contributed by atoms with Gasteiger partial charge in [-0.05, 0) is 43.0 Å². The van der Waals surface area contributed by atoms with Crippen LogP contribution in [0.4, 0.5) is 5.69 Å². The Morgan fingerprint density at radius 2 is 2.00 bits per heavy atom. The zero-order chi connectivity index (χ0) is 17.8. The molecular weight excluding hydrogens is 356 g/mol. The summed E-state index contributed by atoms with van der Waals surface area (Å²) < 4.78 is 1.79. The molecule has 0 fully saturated rings. The predicted molar refractivity (Wildman–Crippen MR) is 103 cm³/mol. The molecule has 3 aromatic rings. The van der Waals surface area contributed by atoms with E-state index in [1.54, 1.807) is 28.1 Å². The SMILES string of the molecule is CCN=c1scc(-c2ccc([N+](=O)[O-])cc2)n1N=Cc1sccc1C. The Hall–Kier alpha value is -2.58. The van der Waals surface area contributed by atoms with E-state index in [2.05, 4.69) is 16.2 Å². The van der Waals surface area contributed by atoms with Gasteiger partial charge in [-0.15, -0.1) is 22.7 Å². The number of benzene rings is 1. The van der Waals surface area contributed by atoms with E-state index in [0.717, 1.165) is 20.9 Å². The Kier molecular flexibility index (Phi) is 5.20. The Balaban J connectivity index is 2.05. The second-order valence-corrected chi connectivity index (χ2v) is 6.99. The Morgan fingerprint density at radius 1 is 1.24 bits per heavy atom. The van der Waals surface area contributed by atoms with Gasteiger partial charge in [0.25, 0.3) is 5.69 Å². The highest BCUT2D eigenvalue weighted by Gasteiger charge is 2.10. The largest absolute Gasteiger partial charge is 0.269 e.